The molecule has 1 aromatic carbocycles. The highest BCUT2D eigenvalue weighted by molar-refractivity contribution is 6.54. The van der Waals surface area contributed by atoms with Crippen LogP contribution in [0.2, 0.25) is 0 Å². The van der Waals surface area contributed by atoms with Gasteiger partial charge in [0.15, 0.2) is 0 Å². The number of halogens is 2. The first kappa shape index (κ1) is 23.5. The number of carbonyl (C=O) groups is 4. The van der Waals surface area contributed by atoms with Gasteiger partial charge in [-0.05, 0) is 36.4 Å². The molecular weight excluding hydrogens is 511 g/mol. The second kappa shape index (κ2) is 9.40. The van der Waals surface area contributed by atoms with Gasteiger partial charge in [-0.3, -0.25) is 19.2 Å². The summed E-state index contributed by atoms with van der Waals surface area (Å²) in [4.78, 5) is 54.0. The van der Waals surface area contributed by atoms with E-state index in [-0.39, 0.29) is 45.9 Å². The molecule has 0 radical (unpaired) electrons. The van der Waals surface area contributed by atoms with Crippen LogP contribution in [-0.4, -0.2) is 23.6 Å². The second-order valence-corrected chi connectivity index (χ2v) is 8.38. The van der Waals surface area contributed by atoms with Crippen molar-refractivity contribution in [3.05, 3.63) is 94.0 Å². The first-order valence-electron chi connectivity index (χ1n) is 10.6. The molecule has 0 saturated heterocycles. The quantitative estimate of drug-likeness (QED) is 0.429. The second-order valence-electron chi connectivity index (χ2n) is 7.62. The average molecular weight is 527 g/mol. The van der Waals surface area contributed by atoms with E-state index in [1.807, 2.05) is 0 Å². The van der Waals surface area contributed by atoms with Crippen molar-refractivity contribution in [2.45, 2.75) is 13.1 Å². The van der Waals surface area contributed by atoms with Crippen molar-refractivity contribution < 1.29 is 28.0 Å². The van der Waals surface area contributed by atoms with Crippen LogP contribution in [0, 0.1) is 0 Å². The van der Waals surface area contributed by atoms with E-state index in [1.165, 1.54) is 24.7 Å². The third-order valence-corrected chi connectivity index (χ3v) is 6.16. The van der Waals surface area contributed by atoms with Gasteiger partial charge >= 0.3 is 0 Å². The van der Waals surface area contributed by atoms with Crippen molar-refractivity contribution >= 4 is 58.2 Å². The van der Waals surface area contributed by atoms with Gasteiger partial charge in [-0.1, -0.05) is 35.3 Å². The zero-order valence-corrected chi connectivity index (χ0v) is 19.8. The molecule has 0 spiro atoms. The van der Waals surface area contributed by atoms with Crippen LogP contribution in [0.1, 0.15) is 11.5 Å². The molecule has 2 aliphatic heterocycles. The SMILES string of the molecule is O=C1C(Cl)=C(NCc2ccco2)C(=O)N1c1ccccc1N1C(=O)C(Cl)=C(NCc2ccco2)C1=O. The standard InChI is InChI=1S/C24H16Cl2N4O6/c25-17-19(27-11-13-5-3-9-35-13)23(33)29(21(17)31)15-7-1-2-8-16(15)30-22(32)18(26)20(24(30)34)28-12-14-6-4-10-36-14/h1-10,27-28H,11-12H2. The molecule has 36 heavy (non-hydrogen) atoms. The molecule has 182 valence electrons. The number of anilines is 2. The largest absolute Gasteiger partial charge is 0.467 e. The number of hydrogen-bond donors (Lipinski definition) is 2. The zero-order valence-electron chi connectivity index (χ0n) is 18.3. The monoisotopic (exact) mass is 526 g/mol. The number of hydrogen-bond acceptors (Lipinski definition) is 8. The molecule has 0 unspecified atom stereocenters. The van der Waals surface area contributed by atoms with Gasteiger partial charge in [0, 0.05) is 0 Å². The lowest BCUT2D eigenvalue weighted by atomic mass is 10.2. The topological polar surface area (TPSA) is 125 Å². The van der Waals surface area contributed by atoms with Crippen LogP contribution in [0.15, 0.2) is 91.4 Å². The minimum absolute atomic E-state index is 0.0149. The van der Waals surface area contributed by atoms with E-state index in [2.05, 4.69) is 10.6 Å². The highest BCUT2D eigenvalue weighted by atomic mass is 35.5. The Labute approximate surface area is 213 Å². The Morgan fingerprint density at radius 3 is 1.39 bits per heavy atom. The van der Waals surface area contributed by atoms with Gasteiger partial charge in [0.1, 0.15) is 33.0 Å². The molecule has 0 fully saturated rings. The molecule has 3 aromatic rings. The minimum Gasteiger partial charge on any atom is -0.467 e. The summed E-state index contributed by atoms with van der Waals surface area (Å²) in [7, 11) is 0. The molecule has 2 aliphatic rings. The van der Waals surface area contributed by atoms with Gasteiger partial charge in [0.05, 0.1) is 37.0 Å². The Bertz CT molecular complexity index is 1330. The summed E-state index contributed by atoms with van der Waals surface area (Å²) in [5, 5.41) is 4.95. The number of rotatable bonds is 8. The number of nitrogens with zero attached hydrogens (tertiary/aromatic N) is 2. The normalized spacial score (nSPS) is 16.2. The first-order valence-corrected chi connectivity index (χ1v) is 11.3. The number of para-hydroxylation sites is 2. The maximum absolute atomic E-state index is 13.2. The Kier molecular flexibility index (Phi) is 6.13. The average Bonchev–Trinajstić information content (AvgIpc) is 3.65. The number of benzene rings is 1. The van der Waals surface area contributed by atoms with Gasteiger partial charge in [-0.2, -0.15) is 0 Å². The molecule has 0 saturated carbocycles. The van der Waals surface area contributed by atoms with Gasteiger partial charge in [0.2, 0.25) is 0 Å². The highest BCUT2D eigenvalue weighted by Crippen LogP contribution is 2.38. The summed E-state index contributed by atoms with van der Waals surface area (Å²) in [5.74, 6) is -2.09. The fourth-order valence-corrected chi connectivity index (χ4v) is 4.23. The van der Waals surface area contributed by atoms with Crippen molar-refractivity contribution in [1.29, 1.82) is 0 Å². The fraction of sp³-hybridized carbons (Fsp3) is 0.0833. The van der Waals surface area contributed by atoms with Crippen LogP contribution >= 0.6 is 23.2 Å². The lowest BCUT2D eigenvalue weighted by molar-refractivity contribution is -0.122. The zero-order chi connectivity index (χ0) is 25.4. The van der Waals surface area contributed by atoms with Crippen LogP contribution < -0.4 is 20.4 Å². The minimum atomic E-state index is -0.814. The van der Waals surface area contributed by atoms with E-state index in [0.717, 1.165) is 9.80 Å². The summed E-state index contributed by atoms with van der Waals surface area (Å²) >= 11 is 12.4. The Balaban J connectivity index is 1.41. The van der Waals surface area contributed by atoms with Gasteiger partial charge in [-0.25, -0.2) is 9.80 Å². The predicted octanol–water partition coefficient (Wildman–Crippen LogP) is 3.10. The first-order chi connectivity index (χ1) is 17.4. The van der Waals surface area contributed by atoms with E-state index in [9.17, 15) is 19.2 Å². The van der Waals surface area contributed by atoms with Gasteiger partial charge < -0.3 is 19.5 Å². The van der Waals surface area contributed by atoms with Gasteiger partial charge in [0.25, 0.3) is 23.6 Å². The van der Waals surface area contributed by atoms with Crippen molar-refractivity contribution in [2.75, 3.05) is 9.80 Å². The molecule has 2 N–H and O–H groups in total. The van der Waals surface area contributed by atoms with Crippen LogP contribution in [0.4, 0.5) is 11.4 Å². The molecule has 4 heterocycles. The van der Waals surface area contributed by atoms with Crippen molar-refractivity contribution in [1.82, 2.24) is 10.6 Å². The molecule has 0 atom stereocenters. The molecular formula is C24H16Cl2N4O6. The fourth-order valence-electron chi connectivity index (χ4n) is 3.77. The maximum atomic E-state index is 13.2. The van der Waals surface area contributed by atoms with E-state index in [0.29, 0.717) is 11.5 Å². The third-order valence-electron chi connectivity index (χ3n) is 5.46. The molecule has 10 nitrogen and oxygen atoms in total. The lowest BCUT2D eigenvalue weighted by Gasteiger charge is -2.23. The smallest absolute Gasteiger partial charge is 0.283 e. The van der Waals surface area contributed by atoms with Crippen molar-refractivity contribution in [2.24, 2.45) is 0 Å². The summed E-state index contributed by atoms with van der Waals surface area (Å²) in [6, 6.07) is 12.7. The van der Waals surface area contributed by atoms with E-state index >= 15 is 0 Å². The molecule has 4 amide bonds. The number of carbonyl (C=O) groups excluding carboxylic acids is 4. The van der Waals surface area contributed by atoms with Crippen LogP contribution in [0.5, 0.6) is 0 Å². The molecule has 2 aromatic heterocycles. The van der Waals surface area contributed by atoms with E-state index < -0.39 is 23.6 Å². The number of furan rings is 2. The Hall–Kier alpha value is -4.28. The third kappa shape index (κ3) is 3.96. The van der Waals surface area contributed by atoms with Crippen molar-refractivity contribution in [3.63, 3.8) is 0 Å². The summed E-state index contributed by atoms with van der Waals surface area (Å²) in [6.45, 7) is 0.223. The Morgan fingerprint density at radius 2 is 1.03 bits per heavy atom. The lowest BCUT2D eigenvalue weighted by Crippen LogP contribution is -2.38. The van der Waals surface area contributed by atoms with Crippen LogP contribution in [-0.2, 0) is 32.3 Å². The number of imide groups is 2. The maximum Gasteiger partial charge on any atom is 0.283 e. The molecule has 5 rings (SSSR count). The molecule has 0 aliphatic carbocycles. The predicted molar refractivity (Wildman–Crippen MR) is 128 cm³/mol. The van der Waals surface area contributed by atoms with E-state index in [4.69, 9.17) is 32.0 Å². The van der Waals surface area contributed by atoms with Crippen LogP contribution in [0.3, 0.4) is 0 Å². The van der Waals surface area contributed by atoms with E-state index in [1.54, 1.807) is 36.4 Å². The molecule has 0 bridgehead atoms. The number of amides is 4. The summed E-state index contributed by atoms with van der Waals surface area (Å²) in [6.07, 6.45) is 2.94. The van der Waals surface area contributed by atoms with Crippen molar-refractivity contribution in [3.8, 4) is 0 Å². The van der Waals surface area contributed by atoms with Crippen LogP contribution in [0.25, 0.3) is 0 Å². The molecule has 12 heteroatoms. The Morgan fingerprint density at radius 1 is 0.611 bits per heavy atom. The summed E-state index contributed by atoms with van der Waals surface area (Å²) in [5.41, 5.74) is -0.300. The number of nitrogens with one attached hydrogen (secondary N) is 2. The van der Waals surface area contributed by atoms with Gasteiger partial charge in [-0.15, -0.1) is 0 Å². The summed E-state index contributed by atoms with van der Waals surface area (Å²) < 4.78 is 10.5. The highest BCUT2D eigenvalue weighted by Gasteiger charge is 2.44.